The summed E-state index contributed by atoms with van der Waals surface area (Å²) >= 11 is 0. The number of hydrogen-bond donors (Lipinski definition) is 2. The monoisotopic (exact) mass is 275 g/mol. The van der Waals surface area contributed by atoms with E-state index < -0.39 is 0 Å². The van der Waals surface area contributed by atoms with Crippen molar-refractivity contribution in [3.05, 3.63) is 22.4 Å². The highest BCUT2D eigenvalue weighted by molar-refractivity contribution is 5.50. The number of H-pyrrole nitrogens is 1. The zero-order valence-electron chi connectivity index (χ0n) is 12.0. The summed E-state index contributed by atoms with van der Waals surface area (Å²) in [6, 6.07) is 2.31. The van der Waals surface area contributed by atoms with Gasteiger partial charge in [-0.05, 0) is 38.5 Å². The van der Waals surface area contributed by atoms with Crippen LogP contribution in [0.2, 0.25) is 0 Å². The molecular weight excluding hydrogens is 254 g/mol. The lowest BCUT2D eigenvalue weighted by Gasteiger charge is -2.28. The van der Waals surface area contributed by atoms with Gasteiger partial charge in [0.1, 0.15) is 11.6 Å². The molecule has 0 aliphatic heterocycles. The van der Waals surface area contributed by atoms with Crippen molar-refractivity contribution in [2.75, 3.05) is 5.32 Å². The molecule has 0 aromatic carbocycles. The molecule has 108 valence electrons. The number of fused-ring (bicyclic) bond motifs is 1. The molecule has 1 aliphatic rings. The molecule has 3 rings (SSSR count). The van der Waals surface area contributed by atoms with Crippen molar-refractivity contribution in [2.24, 2.45) is 5.92 Å². The molecule has 1 fully saturated rings. The number of nitrogens with one attached hydrogen (secondary N) is 2. The van der Waals surface area contributed by atoms with E-state index in [1.54, 1.807) is 0 Å². The van der Waals surface area contributed by atoms with Gasteiger partial charge in [-0.3, -0.25) is 0 Å². The Balaban J connectivity index is 1.77. The maximum Gasteiger partial charge on any atom is 0.349 e. The highest BCUT2D eigenvalue weighted by atomic mass is 16.1. The lowest BCUT2D eigenvalue weighted by atomic mass is 9.84. The van der Waals surface area contributed by atoms with Gasteiger partial charge in [0.05, 0.1) is 0 Å². The molecule has 2 N–H and O–H groups in total. The number of aromatic amines is 1. The standard InChI is InChI=1S/C14H21N5O/c1-3-10-4-6-11(7-5-10)16-12-8-13-17-18-14(20)19(13)9(2)15-12/h8,10-11,16H,3-7H2,1-2H3,(H,18,20). The lowest BCUT2D eigenvalue weighted by Crippen LogP contribution is -2.26. The predicted molar refractivity (Wildman–Crippen MR) is 78.0 cm³/mol. The van der Waals surface area contributed by atoms with Gasteiger partial charge in [0.25, 0.3) is 0 Å². The molecule has 1 saturated carbocycles. The maximum atomic E-state index is 11.6. The topological polar surface area (TPSA) is 75.1 Å². The fourth-order valence-electron chi connectivity index (χ4n) is 3.10. The van der Waals surface area contributed by atoms with Crippen molar-refractivity contribution in [3.63, 3.8) is 0 Å². The first-order valence-electron chi connectivity index (χ1n) is 7.38. The van der Waals surface area contributed by atoms with E-state index >= 15 is 0 Å². The minimum atomic E-state index is -0.236. The van der Waals surface area contributed by atoms with E-state index in [0.717, 1.165) is 11.7 Å². The van der Waals surface area contributed by atoms with Gasteiger partial charge in [-0.25, -0.2) is 19.3 Å². The molecule has 6 nitrogen and oxygen atoms in total. The Labute approximate surface area is 117 Å². The first-order valence-corrected chi connectivity index (χ1v) is 7.38. The highest BCUT2D eigenvalue weighted by Crippen LogP contribution is 2.28. The zero-order chi connectivity index (χ0) is 14.1. The molecule has 1 aliphatic carbocycles. The fraction of sp³-hybridized carbons (Fsp3) is 0.643. The number of anilines is 1. The van der Waals surface area contributed by atoms with Crippen LogP contribution in [0.5, 0.6) is 0 Å². The van der Waals surface area contributed by atoms with Crippen LogP contribution in [0.1, 0.15) is 44.9 Å². The van der Waals surface area contributed by atoms with E-state index in [1.807, 2.05) is 13.0 Å². The van der Waals surface area contributed by atoms with Crippen molar-refractivity contribution >= 4 is 11.5 Å². The van der Waals surface area contributed by atoms with E-state index in [1.165, 1.54) is 36.5 Å². The summed E-state index contributed by atoms with van der Waals surface area (Å²) in [7, 11) is 0. The summed E-state index contributed by atoms with van der Waals surface area (Å²) in [5.41, 5.74) is 0.382. The number of rotatable bonds is 3. The van der Waals surface area contributed by atoms with Crippen LogP contribution in [0.3, 0.4) is 0 Å². The van der Waals surface area contributed by atoms with Crippen LogP contribution in [0.25, 0.3) is 5.65 Å². The maximum absolute atomic E-state index is 11.6. The Bertz CT molecular complexity index is 651. The molecule has 0 amide bonds. The summed E-state index contributed by atoms with van der Waals surface area (Å²) in [6.45, 7) is 4.09. The van der Waals surface area contributed by atoms with Gasteiger partial charge in [-0.1, -0.05) is 13.3 Å². The Morgan fingerprint density at radius 1 is 1.40 bits per heavy atom. The SMILES string of the molecule is CCC1CCC(Nc2cc3n[nH]c(=O)n3c(C)n2)CC1. The van der Waals surface area contributed by atoms with Crippen molar-refractivity contribution in [3.8, 4) is 0 Å². The third kappa shape index (κ3) is 2.42. The van der Waals surface area contributed by atoms with E-state index in [4.69, 9.17) is 0 Å². The van der Waals surface area contributed by atoms with Crippen molar-refractivity contribution in [2.45, 2.75) is 52.0 Å². The quantitative estimate of drug-likeness (QED) is 0.899. The molecule has 2 heterocycles. The molecule has 20 heavy (non-hydrogen) atoms. The Morgan fingerprint density at radius 3 is 2.85 bits per heavy atom. The normalized spacial score (nSPS) is 23.1. The molecule has 2 aromatic rings. The van der Waals surface area contributed by atoms with Gasteiger partial charge in [0.15, 0.2) is 5.65 Å². The number of aryl methyl sites for hydroxylation is 1. The summed E-state index contributed by atoms with van der Waals surface area (Å²) in [5, 5.41) is 9.94. The van der Waals surface area contributed by atoms with Crippen LogP contribution in [0.4, 0.5) is 5.82 Å². The van der Waals surface area contributed by atoms with Gasteiger partial charge in [-0.15, -0.1) is 0 Å². The Hall–Kier alpha value is -1.85. The fourth-order valence-corrected chi connectivity index (χ4v) is 3.10. The largest absolute Gasteiger partial charge is 0.367 e. The summed E-state index contributed by atoms with van der Waals surface area (Å²) in [6.07, 6.45) is 6.25. The van der Waals surface area contributed by atoms with E-state index in [9.17, 15) is 4.79 Å². The second kappa shape index (κ2) is 5.26. The van der Waals surface area contributed by atoms with Crippen LogP contribution in [0.15, 0.2) is 10.9 Å². The second-order valence-electron chi connectivity index (χ2n) is 5.68. The average Bonchev–Trinajstić information content (AvgIpc) is 2.81. The van der Waals surface area contributed by atoms with Gasteiger partial charge in [0, 0.05) is 12.1 Å². The predicted octanol–water partition coefficient (Wildman–Crippen LogP) is 2.11. The van der Waals surface area contributed by atoms with E-state index in [0.29, 0.717) is 17.5 Å². The van der Waals surface area contributed by atoms with Gasteiger partial charge in [0.2, 0.25) is 0 Å². The van der Waals surface area contributed by atoms with Crippen molar-refractivity contribution in [1.29, 1.82) is 0 Å². The van der Waals surface area contributed by atoms with Gasteiger partial charge >= 0.3 is 5.69 Å². The first-order chi connectivity index (χ1) is 9.67. The lowest BCUT2D eigenvalue weighted by molar-refractivity contribution is 0.330. The van der Waals surface area contributed by atoms with Crippen LogP contribution in [-0.2, 0) is 0 Å². The second-order valence-corrected chi connectivity index (χ2v) is 5.68. The number of hydrogen-bond acceptors (Lipinski definition) is 4. The number of nitrogens with zero attached hydrogens (tertiary/aromatic N) is 3. The van der Waals surface area contributed by atoms with Crippen LogP contribution >= 0.6 is 0 Å². The summed E-state index contributed by atoms with van der Waals surface area (Å²) in [4.78, 5) is 16.0. The smallest absolute Gasteiger partial charge is 0.349 e. The highest BCUT2D eigenvalue weighted by Gasteiger charge is 2.20. The van der Waals surface area contributed by atoms with Crippen LogP contribution < -0.4 is 11.0 Å². The number of aromatic nitrogens is 4. The first kappa shape index (κ1) is 13.1. The molecule has 0 saturated heterocycles. The molecule has 0 atom stereocenters. The summed E-state index contributed by atoms with van der Waals surface area (Å²) < 4.78 is 1.49. The zero-order valence-corrected chi connectivity index (χ0v) is 12.0. The van der Waals surface area contributed by atoms with E-state index in [2.05, 4.69) is 27.4 Å². The third-order valence-electron chi connectivity index (χ3n) is 4.35. The Kier molecular flexibility index (Phi) is 3.46. The van der Waals surface area contributed by atoms with E-state index in [-0.39, 0.29) is 5.69 Å². The molecule has 0 unspecified atom stereocenters. The molecule has 0 bridgehead atoms. The van der Waals surface area contributed by atoms with Crippen molar-refractivity contribution < 1.29 is 0 Å². The third-order valence-corrected chi connectivity index (χ3v) is 4.35. The van der Waals surface area contributed by atoms with Gasteiger partial charge < -0.3 is 5.32 Å². The minimum Gasteiger partial charge on any atom is -0.367 e. The van der Waals surface area contributed by atoms with Crippen LogP contribution in [0, 0.1) is 12.8 Å². The average molecular weight is 275 g/mol. The molecule has 2 aromatic heterocycles. The minimum absolute atomic E-state index is 0.236. The van der Waals surface area contributed by atoms with Crippen molar-refractivity contribution in [1.82, 2.24) is 19.6 Å². The Morgan fingerprint density at radius 2 is 2.15 bits per heavy atom. The molecule has 0 radical (unpaired) electrons. The summed E-state index contributed by atoms with van der Waals surface area (Å²) in [5.74, 6) is 2.36. The molecular formula is C14H21N5O. The van der Waals surface area contributed by atoms with Crippen LogP contribution in [-0.4, -0.2) is 25.6 Å². The molecule has 0 spiro atoms. The van der Waals surface area contributed by atoms with Gasteiger partial charge in [-0.2, -0.15) is 5.10 Å². The molecule has 6 heteroatoms.